The van der Waals surface area contributed by atoms with E-state index < -0.39 is 6.97 Å². The monoisotopic (exact) mass is 660 g/mol. The molecule has 0 spiro atoms. The van der Waals surface area contributed by atoms with Crippen LogP contribution >= 0.6 is 45.2 Å². The third-order valence-electron chi connectivity index (χ3n) is 6.55. The van der Waals surface area contributed by atoms with Crippen LogP contribution in [0.3, 0.4) is 0 Å². The SMILES string of the molecule is CC1=[N+]2C(=C(c3cc(C(C)(C)C)cc(C(C)(C)C)c3)c3cc(I)c(C)n3[B-]2(F)F)C=C1I. The van der Waals surface area contributed by atoms with Gasteiger partial charge in [0.15, 0.2) is 5.70 Å². The highest BCUT2D eigenvalue weighted by Gasteiger charge is 2.55. The van der Waals surface area contributed by atoms with Gasteiger partial charge in [-0.1, -0.05) is 59.7 Å². The van der Waals surface area contributed by atoms with Crippen molar-refractivity contribution in [1.82, 2.24) is 4.48 Å². The van der Waals surface area contributed by atoms with Crippen LogP contribution in [-0.2, 0) is 10.8 Å². The lowest BCUT2D eigenvalue weighted by atomic mass is 9.77. The molecule has 0 N–H and O–H groups in total. The van der Waals surface area contributed by atoms with E-state index in [0.717, 1.165) is 18.3 Å². The Morgan fingerprint density at radius 3 is 1.91 bits per heavy atom. The molecule has 0 saturated heterocycles. The maximum Gasteiger partial charge on any atom is 0.737 e. The van der Waals surface area contributed by atoms with Gasteiger partial charge in [-0.3, -0.25) is 0 Å². The van der Waals surface area contributed by atoms with E-state index in [9.17, 15) is 0 Å². The van der Waals surface area contributed by atoms with E-state index in [1.165, 1.54) is 20.1 Å². The Morgan fingerprint density at radius 1 is 0.875 bits per heavy atom. The zero-order valence-corrected chi connectivity index (χ0v) is 24.2. The molecule has 2 nitrogen and oxygen atoms in total. The minimum atomic E-state index is -3.97. The van der Waals surface area contributed by atoms with Gasteiger partial charge in [0.05, 0.1) is 9.15 Å². The number of fused-ring (bicyclic) bond motifs is 2. The highest BCUT2D eigenvalue weighted by Crippen LogP contribution is 2.44. The molecule has 4 rings (SSSR count). The summed E-state index contributed by atoms with van der Waals surface area (Å²) in [6.07, 6.45) is 1.92. The third-order valence-corrected chi connectivity index (χ3v) is 8.73. The fourth-order valence-corrected chi connectivity index (χ4v) is 5.66. The number of halogens is 4. The normalized spacial score (nSPS) is 18.2. The first-order valence-corrected chi connectivity index (χ1v) is 13.0. The molecule has 0 radical (unpaired) electrons. The minimum Gasteiger partial charge on any atom is -0.393 e. The van der Waals surface area contributed by atoms with Crippen LogP contribution in [0.5, 0.6) is 0 Å². The molecule has 0 bridgehead atoms. The number of benzene rings is 1. The Balaban J connectivity index is 2.15. The average molecular weight is 660 g/mol. The molecule has 170 valence electrons. The summed E-state index contributed by atoms with van der Waals surface area (Å²) in [4.78, 5) is 0. The van der Waals surface area contributed by atoms with E-state index in [0.29, 0.717) is 22.8 Å². The number of hydrogen-bond donors (Lipinski definition) is 0. The van der Waals surface area contributed by atoms with Crippen LogP contribution in [0, 0.1) is 10.5 Å². The van der Waals surface area contributed by atoms with Gasteiger partial charge < -0.3 is 17.6 Å². The smallest absolute Gasteiger partial charge is 0.393 e. The highest BCUT2D eigenvalue weighted by molar-refractivity contribution is 14.1. The van der Waals surface area contributed by atoms with Crippen molar-refractivity contribution in [2.45, 2.75) is 66.2 Å². The summed E-state index contributed by atoms with van der Waals surface area (Å²) < 4.78 is 36.1. The number of allylic oxidation sites excluding steroid dienone is 2. The van der Waals surface area contributed by atoms with Crippen LogP contribution in [-0.4, -0.2) is 21.6 Å². The molecule has 7 heteroatoms. The van der Waals surface area contributed by atoms with E-state index in [4.69, 9.17) is 0 Å². The van der Waals surface area contributed by atoms with E-state index >= 15 is 8.63 Å². The second-order valence-corrected chi connectivity index (χ2v) is 13.3. The molecule has 0 saturated carbocycles. The first kappa shape index (κ1) is 24.2. The predicted octanol–water partition coefficient (Wildman–Crippen LogP) is 7.80. The summed E-state index contributed by atoms with van der Waals surface area (Å²) >= 11 is 4.35. The quantitative estimate of drug-likeness (QED) is 0.218. The maximum atomic E-state index is 15.9. The van der Waals surface area contributed by atoms with Gasteiger partial charge in [0.25, 0.3) is 0 Å². The van der Waals surface area contributed by atoms with Crippen molar-refractivity contribution in [3.63, 3.8) is 0 Å². The van der Waals surface area contributed by atoms with Crippen molar-refractivity contribution in [2.24, 2.45) is 0 Å². The Labute approximate surface area is 217 Å². The van der Waals surface area contributed by atoms with Gasteiger partial charge in [0, 0.05) is 22.3 Å². The van der Waals surface area contributed by atoms with Crippen LogP contribution in [0.2, 0.25) is 0 Å². The molecule has 1 aromatic heterocycles. The van der Waals surface area contributed by atoms with Crippen molar-refractivity contribution in [1.29, 1.82) is 0 Å². The summed E-state index contributed by atoms with van der Waals surface area (Å²) in [6.45, 7) is 12.8. The van der Waals surface area contributed by atoms with Crippen molar-refractivity contribution in [2.75, 3.05) is 0 Å². The van der Waals surface area contributed by atoms with Crippen molar-refractivity contribution >= 4 is 63.4 Å². The van der Waals surface area contributed by atoms with E-state index in [1.807, 2.05) is 12.1 Å². The van der Waals surface area contributed by atoms with Gasteiger partial charge in [-0.05, 0) is 91.4 Å². The van der Waals surface area contributed by atoms with Gasteiger partial charge in [-0.25, -0.2) is 0 Å². The second kappa shape index (κ2) is 7.52. The molecule has 3 heterocycles. The average Bonchev–Trinajstić information content (AvgIpc) is 3.11. The Bertz CT molecular complexity index is 1220. The van der Waals surface area contributed by atoms with E-state index in [1.54, 1.807) is 13.8 Å². The third kappa shape index (κ3) is 3.65. The summed E-state index contributed by atoms with van der Waals surface area (Å²) in [6, 6.07) is 8.58. The predicted molar refractivity (Wildman–Crippen MR) is 148 cm³/mol. The number of hydrogen-bond acceptors (Lipinski definition) is 0. The van der Waals surface area contributed by atoms with Crippen molar-refractivity contribution < 1.29 is 13.1 Å². The molecular weight excluding hydrogens is 631 g/mol. The molecule has 1 aromatic carbocycles. The van der Waals surface area contributed by atoms with Crippen LogP contribution in [0.25, 0.3) is 5.57 Å². The van der Waals surface area contributed by atoms with Gasteiger partial charge >= 0.3 is 6.97 Å². The molecule has 0 fully saturated rings. The standard InChI is InChI=1S/C25H29BF2I2N2/c1-14-19(29)12-21-23(22-13-20(30)15(2)32(22)26(27,28)31(14)21)16-9-17(24(3,4)5)11-18(10-16)25(6,7)8/h9-13H,1-8H3. The van der Waals surface area contributed by atoms with Gasteiger partial charge in [0.2, 0.25) is 0 Å². The zero-order chi connectivity index (χ0) is 24.0. The topological polar surface area (TPSA) is 7.94 Å². The number of nitrogens with zero attached hydrogens (tertiary/aromatic N) is 2. The van der Waals surface area contributed by atoms with Gasteiger partial charge in [0.1, 0.15) is 5.71 Å². The van der Waals surface area contributed by atoms with E-state index in [-0.39, 0.29) is 10.8 Å². The summed E-state index contributed by atoms with van der Waals surface area (Å²) in [5.41, 5.74) is 6.61. The molecule has 2 aromatic rings. The molecule has 0 amide bonds. The second-order valence-electron chi connectivity index (χ2n) is 10.9. The summed E-state index contributed by atoms with van der Waals surface area (Å²) in [5, 5.41) is 0. The van der Waals surface area contributed by atoms with Crippen LogP contribution in [0.4, 0.5) is 8.63 Å². The maximum absolute atomic E-state index is 15.9. The molecule has 0 aliphatic carbocycles. The van der Waals surface area contributed by atoms with Crippen LogP contribution in [0.15, 0.2) is 39.6 Å². The molecule has 32 heavy (non-hydrogen) atoms. The van der Waals surface area contributed by atoms with Crippen molar-refractivity contribution in [3.05, 3.63) is 71.3 Å². The lowest BCUT2D eigenvalue weighted by Crippen LogP contribution is -2.51. The lowest BCUT2D eigenvalue weighted by Gasteiger charge is -2.33. The number of aromatic nitrogens is 1. The molecular formula is C25H29BF2I2N2. The fourth-order valence-electron chi connectivity index (χ4n) is 4.55. The van der Waals surface area contributed by atoms with Gasteiger partial charge in [-0.15, -0.1) is 0 Å². The first-order chi connectivity index (χ1) is 14.5. The molecule has 2 aliphatic rings. The Kier molecular flexibility index (Phi) is 5.68. The van der Waals surface area contributed by atoms with Crippen LogP contribution < -0.4 is 0 Å². The minimum absolute atomic E-state index is 0.0578. The molecule has 2 aliphatic heterocycles. The Morgan fingerprint density at radius 2 is 1.41 bits per heavy atom. The van der Waals surface area contributed by atoms with Crippen molar-refractivity contribution in [3.8, 4) is 0 Å². The summed E-state index contributed by atoms with van der Waals surface area (Å²) in [5.74, 6) is 0. The molecule has 0 unspecified atom stereocenters. The largest absolute Gasteiger partial charge is 0.737 e. The molecule has 0 atom stereocenters. The lowest BCUT2D eigenvalue weighted by molar-refractivity contribution is -0.362. The fraction of sp³-hybridized carbons (Fsp3) is 0.400. The van der Waals surface area contributed by atoms with Crippen LogP contribution in [0.1, 0.15) is 76.5 Å². The summed E-state index contributed by atoms with van der Waals surface area (Å²) in [7, 11) is 0. The first-order valence-electron chi connectivity index (χ1n) is 10.9. The van der Waals surface area contributed by atoms with E-state index in [2.05, 4.69) is 105 Å². The Hall–Kier alpha value is -0.965. The zero-order valence-electron chi connectivity index (χ0n) is 19.9. The van der Waals surface area contributed by atoms with Gasteiger partial charge in [-0.2, -0.15) is 0 Å². The number of rotatable bonds is 1. The highest BCUT2D eigenvalue weighted by atomic mass is 127.